The first-order chi connectivity index (χ1) is 8.95. The average molecular weight is 269 g/mol. The van der Waals surface area contributed by atoms with Crippen LogP contribution in [0.25, 0.3) is 0 Å². The van der Waals surface area contributed by atoms with Crippen molar-refractivity contribution >= 4 is 0 Å². The predicted octanol–water partition coefficient (Wildman–Crippen LogP) is 3.41. The zero-order chi connectivity index (χ0) is 13.9. The van der Waals surface area contributed by atoms with Gasteiger partial charge in [-0.1, -0.05) is 12.1 Å². The van der Waals surface area contributed by atoms with Gasteiger partial charge in [-0.15, -0.1) is 0 Å². The maximum absolute atomic E-state index is 12.4. The van der Waals surface area contributed by atoms with E-state index in [2.05, 4.69) is 0 Å². The summed E-state index contributed by atoms with van der Waals surface area (Å²) in [7, 11) is 0. The number of furan rings is 1. The highest BCUT2D eigenvalue weighted by Crippen LogP contribution is 2.29. The van der Waals surface area contributed by atoms with Gasteiger partial charge < -0.3 is 10.2 Å². The highest BCUT2D eigenvalue weighted by atomic mass is 19.4. The second kappa shape index (κ2) is 5.48. The van der Waals surface area contributed by atoms with Crippen molar-refractivity contribution in [1.29, 1.82) is 0 Å². The Kier molecular flexibility index (Phi) is 3.95. The fraction of sp³-hybridized carbons (Fsp3) is 0.286. The molecule has 0 aliphatic rings. The molecule has 1 atom stereocenters. The predicted molar refractivity (Wildman–Crippen MR) is 65.5 cm³/mol. The van der Waals surface area contributed by atoms with Gasteiger partial charge in [-0.3, -0.25) is 0 Å². The number of halogens is 3. The Balaban J connectivity index is 1.96. The quantitative estimate of drug-likeness (QED) is 0.923. The van der Waals surface area contributed by atoms with E-state index in [4.69, 9.17) is 10.2 Å². The maximum Gasteiger partial charge on any atom is 0.416 e. The van der Waals surface area contributed by atoms with Crippen LogP contribution in [-0.4, -0.2) is 6.04 Å². The standard InChI is InChI=1S/C14H14F3NO/c15-14(16,17)12-3-1-10(2-4-12)7-13(18)8-11-5-6-19-9-11/h1-6,9,13H,7-8,18H2. The first-order valence-electron chi connectivity index (χ1n) is 5.88. The number of hydrogen-bond acceptors (Lipinski definition) is 2. The lowest BCUT2D eigenvalue weighted by atomic mass is 10.0. The van der Waals surface area contributed by atoms with Crippen LogP contribution in [-0.2, 0) is 19.0 Å². The van der Waals surface area contributed by atoms with Gasteiger partial charge in [0.25, 0.3) is 0 Å². The monoisotopic (exact) mass is 269 g/mol. The van der Waals surface area contributed by atoms with Crippen LogP contribution in [0.2, 0.25) is 0 Å². The van der Waals surface area contributed by atoms with Gasteiger partial charge >= 0.3 is 6.18 Å². The van der Waals surface area contributed by atoms with Crippen molar-refractivity contribution in [3.05, 3.63) is 59.5 Å². The van der Waals surface area contributed by atoms with Gasteiger partial charge in [0.1, 0.15) is 0 Å². The molecule has 0 amide bonds. The molecule has 1 aromatic heterocycles. The molecule has 102 valence electrons. The van der Waals surface area contributed by atoms with E-state index in [-0.39, 0.29) is 6.04 Å². The molecule has 0 bridgehead atoms. The summed E-state index contributed by atoms with van der Waals surface area (Å²) in [6.45, 7) is 0. The van der Waals surface area contributed by atoms with Crippen LogP contribution in [0.4, 0.5) is 13.2 Å². The lowest BCUT2D eigenvalue weighted by molar-refractivity contribution is -0.137. The van der Waals surface area contributed by atoms with Crippen LogP contribution >= 0.6 is 0 Å². The molecule has 5 heteroatoms. The van der Waals surface area contributed by atoms with E-state index in [1.807, 2.05) is 6.07 Å². The molecule has 0 radical (unpaired) electrons. The van der Waals surface area contributed by atoms with Gasteiger partial charge in [-0.05, 0) is 42.2 Å². The Hall–Kier alpha value is -1.75. The lowest BCUT2D eigenvalue weighted by Crippen LogP contribution is -2.25. The molecule has 0 aliphatic carbocycles. The van der Waals surface area contributed by atoms with E-state index in [1.54, 1.807) is 12.5 Å². The summed E-state index contributed by atoms with van der Waals surface area (Å²) in [5.74, 6) is 0. The average Bonchev–Trinajstić information content (AvgIpc) is 2.81. The minimum absolute atomic E-state index is 0.144. The maximum atomic E-state index is 12.4. The van der Waals surface area contributed by atoms with Crippen molar-refractivity contribution in [1.82, 2.24) is 0 Å². The van der Waals surface area contributed by atoms with Crippen LogP contribution in [0.3, 0.4) is 0 Å². The third-order valence-corrected chi connectivity index (χ3v) is 2.86. The van der Waals surface area contributed by atoms with Gasteiger partial charge in [0.2, 0.25) is 0 Å². The number of benzene rings is 1. The Bertz CT molecular complexity index is 502. The zero-order valence-corrected chi connectivity index (χ0v) is 10.2. The van der Waals surface area contributed by atoms with Crippen LogP contribution in [0, 0.1) is 0 Å². The molecule has 1 unspecified atom stereocenters. The Morgan fingerprint density at radius 3 is 2.16 bits per heavy atom. The van der Waals surface area contributed by atoms with E-state index < -0.39 is 11.7 Å². The van der Waals surface area contributed by atoms with Crippen LogP contribution < -0.4 is 5.73 Å². The fourth-order valence-electron chi connectivity index (χ4n) is 1.92. The summed E-state index contributed by atoms with van der Waals surface area (Å²) in [6.07, 6.45) is 0.0606. The summed E-state index contributed by atoms with van der Waals surface area (Å²) < 4.78 is 42.1. The van der Waals surface area contributed by atoms with Crippen molar-refractivity contribution in [2.75, 3.05) is 0 Å². The highest BCUT2D eigenvalue weighted by Gasteiger charge is 2.29. The minimum atomic E-state index is -4.29. The van der Waals surface area contributed by atoms with E-state index in [1.165, 1.54) is 12.1 Å². The molecule has 19 heavy (non-hydrogen) atoms. The topological polar surface area (TPSA) is 39.2 Å². The van der Waals surface area contributed by atoms with E-state index in [9.17, 15) is 13.2 Å². The number of hydrogen-bond donors (Lipinski definition) is 1. The number of rotatable bonds is 4. The molecule has 0 spiro atoms. The van der Waals surface area contributed by atoms with Crippen molar-refractivity contribution in [2.45, 2.75) is 25.1 Å². The highest BCUT2D eigenvalue weighted by molar-refractivity contribution is 5.25. The largest absolute Gasteiger partial charge is 0.472 e. The first-order valence-corrected chi connectivity index (χ1v) is 5.88. The van der Waals surface area contributed by atoms with E-state index >= 15 is 0 Å². The number of nitrogens with two attached hydrogens (primary N) is 1. The van der Waals surface area contributed by atoms with Crippen molar-refractivity contribution in [3.8, 4) is 0 Å². The first kappa shape index (κ1) is 13.7. The normalized spacial score (nSPS) is 13.5. The lowest BCUT2D eigenvalue weighted by Gasteiger charge is -2.11. The third kappa shape index (κ3) is 3.86. The van der Waals surface area contributed by atoms with E-state index in [0.29, 0.717) is 12.8 Å². The summed E-state index contributed by atoms with van der Waals surface area (Å²) >= 11 is 0. The van der Waals surface area contributed by atoms with Gasteiger partial charge in [-0.25, -0.2) is 0 Å². The molecule has 2 N–H and O–H groups in total. The van der Waals surface area contributed by atoms with Gasteiger partial charge in [0.05, 0.1) is 18.1 Å². The summed E-state index contributed by atoms with van der Waals surface area (Å²) in [5, 5.41) is 0. The van der Waals surface area contributed by atoms with Crippen molar-refractivity contribution in [3.63, 3.8) is 0 Å². The molecule has 0 saturated heterocycles. The molecule has 2 nitrogen and oxygen atoms in total. The fourth-order valence-corrected chi connectivity index (χ4v) is 1.92. The summed E-state index contributed by atoms with van der Waals surface area (Å²) in [6, 6.07) is 6.79. The summed E-state index contributed by atoms with van der Waals surface area (Å²) in [4.78, 5) is 0. The second-order valence-electron chi connectivity index (χ2n) is 4.49. The molecule has 1 aromatic carbocycles. The Labute approximate surface area is 109 Å². The Morgan fingerprint density at radius 1 is 1.00 bits per heavy atom. The van der Waals surface area contributed by atoms with Gasteiger partial charge in [0.15, 0.2) is 0 Å². The molecule has 1 heterocycles. The second-order valence-corrected chi connectivity index (χ2v) is 4.49. The molecule has 0 saturated carbocycles. The number of alkyl halides is 3. The van der Waals surface area contributed by atoms with Gasteiger partial charge in [0, 0.05) is 6.04 Å². The molecular weight excluding hydrogens is 255 g/mol. The van der Waals surface area contributed by atoms with Gasteiger partial charge in [-0.2, -0.15) is 13.2 Å². The SMILES string of the molecule is NC(Cc1ccc(C(F)(F)F)cc1)Cc1ccoc1. The van der Waals surface area contributed by atoms with Crippen LogP contribution in [0.15, 0.2) is 47.3 Å². The van der Waals surface area contributed by atoms with Crippen molar-refractivity contribution < 1.29 is 17.6 Å². The minimum Gasteiger partial charge on any atom is -0.472 e. The Morgan fingerprint density at radius 2 is 1.63 bits per heavy atom. The molecule has 2 rings (SSSR count). The smallest absolute Gasteiger partial charge is 0.416 e. The molecule has 2 aromatic rings. The molecular formula is C14H14F3NO. The van der Waals surface area contributed by atoms with Crippen molar-refractivity contribution in [2.24, 2.45) is 5.73 Å². The summed E-state index contributed by atoms with van der Waals surface area (Å²) in [5.41, 5.74) is 7.10. The van der Waals surface area contributed by atoms with Crippen LogP contribution in [0.1, 0.15) is 16.7 Å². The van der Waals surface area contributed by atoms with Crippen LogP contribution in [0.5, 0.6) is 0 Å². The molecule has 0 aliphatic heterocycles. The zero-order valence-electron chi connectivity index (χ0n) is 10.2. The van der Waals surface area contributed by atoms with E-state index in [0.717, 1.165) is 23.3 Å². The third-order valence-electron chi connectivity index (χ3n) is 2.86. The molecule has 0 fully saturated rings.